The van der Waals surface area contributed by atoms with E-state index in [1.165, 1.54) is 0 Å². The highest BCUT2D eigenvalue weighted by Crippen LogP contribution is 2.25. The lowest BCUT2D eigenvalue weighted by Gasteiger charge is -2.23. The standard InChI is InChI=1S/C29H34N3O4P/c1-19(2)16-26(32-37(36)15-14-21-10-7-9-20-8-3-4-11-23(20)21)28(33)31-27(29(34)35)17-22-18-30-25-13-6-5-12-24(22)25/h3-13,18-19,26-27,30,37H,14-17H2,1-2H3,(H,31,33)(H,32,36)(H,34,35)/t26-,27-/m0/s1. The van der Waals surface area contributed by atoms with Crippen LogP contribution in [0.3, 0.4) is 0 Å². The number of para-hydroxylation sites is 1. The normalized spacial score (nSPS) is 14.0. The molecule has 7 nitrogen and oxygen atoms in total. The maximum atomic E-state index is 13.2. The third kappa shape index (κ3) is 6.88. The lowest BCUT2D eigenvalue weighted by atomic mass is 10.0. The van der Waals surface area contributed by atoms with Gasteiger partial charge in [-0.25, -0.2) is 4.79 Å². The van der Waals surface area contributed by atoms with Gasteiger partial charge in [-0.05, 0) is 46.7 Å². The van der Waals surface area contributed by atoms with Gasteiger partial charge >= 0.3 is 5.97 Å². The molecule has 3 aromatic carbocycles. The maximum Gasteiger partial charge on any atom is 0.326 e. The number of hydrogen-bond donors (Lipinski definition) is 4. The zero-order valence-electron chi connectivity index (χ0n) is 21.2. The van der Waals surface area contributed by atoms with E-state index in [0.29, 0.717) is 19.0 Å². The molecule has 1 aromatic heterocycles. The van der Waals surface area contributed by atoms with Gasteiger partial charge in [0, 0.05) is 29.7 Å². The fourth-order valence-corrected chi connectivity index (χ4v) is 6.00. The van der Waals surface area contributed by atoms with Crippen molar-refractivity contribution in [2.45, 2.75) is 45.2 Å². The van der Waals surface area contributed by atoms with E-state index in [0.717, 1.165) is 32.8 Å². The minimum Gasteiger partial charge on any atom is -0.480 e. The number of aliphatic carboxylic acids is 1. The second-order valence-corrected chi connectivity index (χ2v) is 11.5. The summed E-state index contributed by atoms with van der Waals surface area (Å²) in [7, 11) is -2.29. The summed E-state index contributed by atoms with van der Waals surface area (Å²) in [4.78, 5) is 28.4. The summed E-state index contributed by atoms with van der Waals surface area (Å²) in [5.74, 6) is -1.39. The van der Waals surface area contributed by atoms with E-state index in [-0.39, 0.29) is 12.3 Å². The van der Waals surface area contributed by atoms with Crippen molar-refractivity contribution >= 4 is 41.5 Å². The molecule has 194 valence electrons. The van der Waals surface area contributed by atoms with Gasteiger partial charge in [-0.3, -0.25) is 9.88 Å². The summed E-state index contributed by atoms with van der Waals surface area (Å²) in [5, 5.41) is 18.8. The highest BCUT2D eigenvalue weighted by atomic mass is 31.1. The molecule has 4 aromatic rings. The largest absolute Gasteiger partial charge is 0.480 e. The SMILES string of the molecule is CC(C)C[C@H](N[PH](=O)CCc1cccc2ccccc12)C(=O)N[C@@H](Cc1c[nH]c2ccccc12)C(=O)O. The number of amides is 1. The van der Waals surface area contributed by atoms with Gasteiger partial charge in [0.15, 0.2) is 0 Å². The predicted molar refractivity (Wildman–Crippen MR) is 149 cm³/mol. The molecule has 4 N–H and O–H groups in total. The summed E-state index contributed by atoms with van der Waals surface area (Å²) in [5.41, 5.74) is 2.85. The minimum absolute atomic E-state index is 0.149. The van der Waals surface area contributed by atoms with Crippen molar-refractivity contribution in [3.63, 3.8) is 0 Å². The van der Waals surface area contributed by atoms with E-state index >= 15 is 0 Å². The fraction of sp³-hybridized carbons (Fsp3) is 0.310. The van der Waals surface area contributed by atoms with Gasteiger partial charge in [0.2, 0.25) is 5.91 Å². The first-order chi connectivity index (χ1) is 17.8. The Morgan fingerprint density at radius 1 is 0.919 bits per heavy atom. The van der Waals surface area contributed by atoms with E-state index in [1.807, 2.05) is 62.4 Å². The van der Waals surface area contributed by atoms with Crippen LogP contribution in [0.15, 0.2) is 72.9 Å². The van der Waals surface area contributed by atoms with Crippen molar-refractivity contribution in [3.05, 3.63) is 84.1 Å². The number of fused-ring (bicyclic) bond motifs is 2. The molecule has 1 heterocycles. The number of carboxylic acids is 1. The molecule has 0 radical (unpaired) electrons. The smallest absolute Gasteiger partial charge is 0.326 e. The lowest BCUT2D eigenvalue weighted by molar-refractivity contribution is -0.142. The number of aromatic nitrogens is 1. The second kappa shape index (κ2) is 12.2. The molecule has 8 heteroatoms. The van der Waals surface area contributed by atoms with Crippen molar-refractivity contribution in [3.8, 4) is 0 Å². The maximum absolute atomic E-state index is 13.2. The van der Waals surface area contributed by atoms with Gasteiger partial charge in [-0.15, -0.1) is 0 Å². The Morgan fingerprint density at radius 2 is 1.62 bits per heavy atom. The van der Waals surface area contributed by atoms with E-state index in [2.05, 4.69) is 33.6 Å². The van der Waals surface area contributed by atoms with Gasteiger partial charge in [-0.2, -0.15) is 0 Å². The van der Waals surface area contributed by atoms with Gasteiger partial charge in [0.1, 0.15) is 14.0 Å². The van der Waals surface area contributed by atoms with Crippen LogP contribution in [0.2, 0.25) is 0 Å². The number of rotatable bonds is 12. The molecule has 0 fully saturated rings. The third-order valence-electron chi connectivity index (χ3n) is 6.57. The molecule has 0 aliphatic carbocycles. The average Bonchev–Trinajstić information content (AvgIpc) is 3.29. The molecular formula is C29H34N3O4P. The Morgan fingerprint density at radius 3 is 2.38 bits per heavy atom. The molecular weight excluding hydrogens is 485 g/mol. The predicted octanol–water partition coefficient (Wildman–Crippen LogP) is 5.15. The monoisotopic (exact) mass is 519 g/mol. The summed E-state index contributed by atoms with van der Waals surface area (Å²) in [6, 6.07) is 20.0. The first kappa shape index (κ1) is 26.6. The first-order valence-electron chi connectivity index (χ1n) is 12.7. The Bertz CT molecular complexity index is 1410. The summed E-state index contributed by atoms with van der Waals surface area (Å²) < 4.78 is 13.0. The van der Waals surface area contributed by atoms with E-state index in [1.54, 1.807) is 6.20 Å². The average molecular weight is 520 g/mol. The number of nitrogens with one attached hydrogen (secondary N) is 3. The quantitative estimate of drug-likeness (QED) is 0.193. The Balaban J connectivity index is 1.41. The van der Waals surface area contributed by atoms with Crippen molar-refractivity contribution in [2.75, 3.05) is 6.16 Å². The molecule has 0 spiro atoms. The molecule has 0 bridgehead atoms. The zero-order valence-corrected chi connectivity index (χ0v) is 22.2. The second-order valence-electron chi connectivity index (χ2n) is 9.85. The zero-order chi connectivity index (χ0) is 26.4. The van der Waals surface area contributed by atoms with Crippen LogP contribution in [0.1, 0.15) is 31.4 Å². The van der Waals surface area contributed by atoms with E-state index < -0.39 is 31.9 Å². The van der Waals surface area contributed by atoms with E-state index in [9.17, 15) is 19.3 Å². The molecule has 1 unspecified atom stereocenters. The van der Waals surface area contributed by atoms with Gasteiger partial charge in [-0.1, -0.05) is 74.5 Å². The lowest BCUT2D eigenvalue weighted by Crippen LogP contribution is -2.50. The molecule has 3 atom stereocenters. The van der Waals surface area contributed by atoms with Crippen LogP contribution < -0.4 is 10.4 Å². The van der Waals surface area contributed by atoms with Crippen molar-refractivity contribution < 1.29 is 19.3 Å². The Kier molecular flexibility index (Phi) is 8.80. The topological polar surface area (TPSA) is 111 Å². The van der Waals surface area contributed by atoms with Crippen molar-refractivity contribution in [1.82, 2.24) is 15.4 Å². The van der Waals surface area contributed by atoms with Crippen LogP contribution in [0.25, 0.3) is 21.7 Å². The van der Waals surface area contributed by atoms with Crippen molar-refractivity contribution in [2.24, 2.45) is 5.92 Å². The molecule has 0 aliphatic rings. The molecule has 4 rings (SSSR count). The van der Waals surface area contributed by atoms with Gasteiger partial charge < -0.3 is 20.0 Å². The van der Waals surface area contributed by atoms with Crippen LogP contribution in [-0.2, 0) is 27.0 Å². The minimum atomic E-state index is -2.29. The highest BCUT2D eigenvalue weighted by molar-refractivity contribution is 7.42. The number of carbonyl (C=O) groups is 2. The summed E-state index contributed by atoms with van der Waals surface area (Å²) in [6.07, 6.45) is 3.42. The van der Waals surface area contributed by atoms with Crippen LogP contribution >= 0.6 is 7.95 Å². The van der Waals surface area contributed by atoms with Crippen LogP contribution in [-0.4, -0.2) is 40.2 Å². The highest BCUT2D eigenvalue weighted by Gasteiger charge is 2.27. The summed E-state index contributed by atoms with van der Waals surface area (Å²) in [6.45, 7) is 3.96. The van der Waals surface area contributed by atoms with Gasteiger partial charge in [0.25, 0.3) is 0 Å². The van der Waals surface area contributed by atoms with Crippen LogP contribution in [0, 0.1) is 5.92 Å². The number of hydrogen-bond acceptors (Lipinski definition) is 3. The van der Waals surface area contributed by atoms with Crippen molar-refractivity contribution in [1.29, 1.82) is 0 Å². The third-order valence-corrected chi connectivity index (χ3v) is 7.95. The van der Waals surface area contributed by atoms with Crippen LogP contribution in [0.4, 0.5) is 0 Å². The number of benzene rings is 3. The molecule has 0 saturated heterocycles. The summed E-state index contributed by atoms with van der Waals surface area (Å²) >= 11 is 0. The number of aryl methyl sites for hydroxylation is 1. The molecule has 37 heavy (non-hydrogen) atoms. The molecule has 0 aliphatic heterocycles. The molecule has 1 amide bonds. The van der Waals surface area contributed by atoms with Crippen LogP contribution in [0.5, 0.6) is 0 Å². The van der Waals surface area contributed by atoms with E-state index in [4.69, 9.17) is 0 Å². The Labute approximate surface area is 217 Å². The number of aromatic amines is 1. The number of carboxylic acid groups (broad SMARTS) is 1. The number of H-pyrrole nitrogens is 1. The number of carbonyl (C=O) groups excluding carboxylic acids is 1. The fourth-order valence-electron chi connectivity index (χ4n) is 4.72. The first-order valence-corrected chi connectivity index (χ1v) is 14.3. The Hall–Kier alpha value is -3.41. The molecule has 0 saturated carbocycles. The van der Waals surface area contributed by atoms with Gasteiger partial charge in [0.05, 0.1) is 6.04 Å².